The predicted octanol–water partition coefficient (Wildman–Crippen LogP) is 1.86. The Morgan fingerprint density at radius 1 is 1.24 bits per heavy atom. The number of aliphatic carboxylic acids is 1. The van der Waals surface area contributed by atoms with Gasteiger partial charge in [0.05, 0.1) is 15.8 Å². The minimum absolute atomic E-state index is 0.0230. The molecule has 0 atom stereocenters. The first kappa shape index (κ1) is 16.6. The van der Waals surface area contributed by atoms with Gasteiger partial charge in [0.15, 0.2) is 0 Å². The molecule has 1 aromatic rings. The molecule has 5 nitrogen and oxygen atoms in total. The highest BCUT2D eigenvalue weighted by atomic mass is 35.5. The topological polar surface area (TPSA) is 60.9 Å². The highest BCUT2D eigenvalue weighted by Gasteiger charge is 2.21. The number of carboxylic acid groups (broad SMARTS) is 1. The third-order valence-electron chi connectivity index (χ3n) is 3.18. The molecular weight excluding hydrogens is 332 g/mol. The molecule has 8 heteroatoms. The zero-order valence-electron chi connectivity index (χ0n) is 11.5. The van der Waals surface area contributed by atoms with E-state index in [1.165, 1.54) is 4.88 Å². The normalized spacial score (nSPS) is 16.1. The molecule has 1 saturated heterocycles. The molecule has 1 aromatic heterocycles. The fraction of sp³-hybridized carbons (Fsp3) is 0.538. The molecule has 1 amide bonds. The molecule has 0 bridgehead atoms. The van der Waals surface area contributed by atoms with Gasteiger partial charge in [0.2, 0.25) is 5.91 Å². The minimum atomic E-state index is -0.882. The van der Waals surface area contributed by atoms with Gasteiger partial charge in [-0.05, 0) is 12.1 Å². The molecule has 0 radical (unpaired) electrons. The number of thiophene rings is 1. The van der Waals surface area contributed by atoms with E-state index in [0.29, 0.717) is 13.1 Å². The summed E-state index contributed by atoms with van der Waals surface area (Å²) in [5.74, 6) is -0.634. The number of nitrogens with zero attached hydrogens (tertiary/aromatic N) is 2. The van der Waals surface area contributed by atoms with Crippen molar-refractivity contribution in [3.05, 3.63) is 21.3 Å². The molecule has 0 unspecified atom stereocenters. The van der Waals surface area contributed by atoms with E-state index in [1.54, 1.807) is 11.3 Å². The van der Waals surface area contributed by atoms with Crippen LogP contribution in [-0.2, 0) is 16.1 Å². The van der Waals surface area contributed by atoms with Gasteiger partial charge in [0.25, 0.3) is 0 Å². The van der Waals surface area contributed by atoms with Crippen molar-refractivity contribution in [2.45, 2.75) is 6.54 Å². The van der Waals surface area contributed by atoms with E-state index in [1.807, 2.05) is 17.0 Å². The maximum Gasteiger partial charge on any atom is 0.313 e. The van der Waals surface area contributed by atoms with Gasteiger partial charge in [-0.25, -0.2) is 0 Å². The lowest BCUT2D eigenvalue weighted by Gasteiger charge is -2.34. The minimum Gasteiger partial charge on any atom is -0.481 e. The molecule has 1 fully saturated rings. The summed E-state index contributed by atoms with van der Waals surface area (Å²) in [7, 11) is 0. The number of halogens is 1. The summed E-state index contributed by atoms with van der Waals surface area (Å²) >= 11 is 8.66. The molecule has 21 heavy (non-hydrogen) atoms. The van der Waals surface area contributed by atoms with E-state index in [2.05, 4.69) is 4.90 Å². The standard InChI is InChI=1S/C13H17ClN2O3S2/c14-11-2-1-10(21-11)7-15-3-5-16(6-4-15)12(17)8-20-9-13(18)19/h1-2H,3-9H2,(H,18,19). The van der Waals surface area contributed by atoms with Gasteiger partial charge < -0.3 is 10.0 Å². The number of piperazine rings is 1. The van der Waals surface area contributed by atoms with Crippen LogP contribution in [0.15, 0.2) is 12.1 Å². The monoisotopic (exact) mass is 348 g/mol. The third-order valence-corrected chi connectivity index (χ3v) is 5.30. The lowest BCUT2D eigenvalue weighted by Crippen LogP contribution is -2.48. The highest BCUT2D eigenvalue weighted by molar-refractivity contribution is 8.00. The molecule has 0 aliphatic carbocycles. The zero-order valence-corrected chi connectivity index (χ0v) is 13.8. The molecule has 1 aliphatic heterocycles. The number of thioether (sulfide) groups is 1. The first-order valence-electron chi connectivity index (χ1n) is 6.58. The Balaban J connectivity index is 1.70. The van der Waals surface area contributed by atoms with Gasteiger partial charge in [0, 0.05) is 37.6 Å². The van der Waals surface area contributed by atoms with Crippen molar-refractivity contribution >= 4 is 46.6 Å². The predicted molar refractivity (Wildman–Crippen MR) is 86.1 cm³/mol. The second kappa shape index (κ2) is 8.03. The van der Waals surface area contributed by atoms with E-state index in [4.69, 9.17) is 16.7 Å². The van der Waals surface area contributed by atoms with Crippen LogP contribution in [-0.4, -0.2) is 64.5 Å². The van der Waals surface area contributed by atoms with Crippen LogP contribution < -0.4 is 0 Å². The number of hydrogen-bond donors (Lipinski definition) is 1. The number of carboxylic acids is 1. The number of carbonyl (C=O) groups is 2. The highest BCUT2D eigenvalue weighted by Crippen LogP contribution is 2.23. The van der Waals surface area contributed by atoms with Crippen LogP contribution in [0.2, 0.25) is 4.34 Å². The largest absolute Gasteiger partial charge is 0.481 e. The van der Waals surface area contributed by atoms with Crippen LogP contribution in [0, 0.1) is 0 Å². The second-order valence-corrected chi connectivity index (χ2v) is 7.53. The van der Waals surface area contributed by atoms with E-state index in [0.717, 1.165) is 35.7 Å². The summed E-state index contributed by atoms with van der Waals surface area (Å²) in [6.07, 6.45) is 0. The molecule has 0 spiro atoms. The van der Waals surface area contributed by atoms with E-state index in [9.17, 15) is 9.59 Å². The van der Waals surface area contributed by atoms with Crippen molar-refractivity contribution in [1.82, 2.24) is 9.80 Å². The van der Waals surface area contributed by atoms with Gasteiger partial charge in [-0.2, -0.15) is 0 Å². The quantitative estimate of drug-likeness (QED) is 0.850. The summed E-state index contributed by atoms with van der Waals surface area (Å²) in [6.45, 7) is 3.94. The molecular formula is C13H17ClN2O3S2. The van der Waals surface area contributed by atoms with Gasteiger partial charge in [-0.15, -0.1) is 23.1 Å². The first-order valence-corrected chi connectivity index (χ1v) is 8.93. The Bertz CT molecular complexity index is 501. The van der Waals surface area contributed by atoms with E-state index in [-0.39, 0.29) is 17.4 Å². The molecule has 1 N–H and O–H groups in total. The van der Waals surface area contributed by atoms with Gasteiger partial charge in [0.1, 0.15) is 0 Å². The average molecular weight is 349 g/mol. The molecule has 0 saturated carbocycles. The number of rotatable bonds is 6. The molecule has 116 valence electrons. The van der Waals surface area contributed by atoms with Crippen LogP contribution in [0.5, 0.6) is 0 Å². The second-order valence-electron chi connectivity index (χ2n) is 4.75. The number of hydrogen-bond acceptors (Lipinski definition) is 5. The number of carbonyl (C=O) groups excluding carboxylic acids is 1. The van der Waals surface area contributed by atoms with Crippen LogP contribution in [0.4, 0.5) is 0 Å². The molecule has 1 aliphatic rings. The van der Waals surface area contributed by atoms with Gasteiger partial charge >= 0.3 is 5.97 Å². The maximum atomic E-state index is 11.9. The Hall–Kier alpha value is -0.760. The fourth-order valence-electron chi connectivity index (χ4n) is 2.13. The van der Waals surface area contributed by atoms with Crippen molar-refractivity contribution in [2.75, 3.05) is 37.7 Å². The van der Waals surface area contributed by atoms with E-state index < -0.39 is 5.97 Å². The maximum absolute atomic E-state index is 11.9. The first-order chi connectivity index (χ1) is 10.0. The smallest absolute Gasteiger partial charge is 0.313 e. The molecule has 2 rings (SSSR count). The van der Waals surface area contributed by atoms with Crippen molar-refractivity contribution in [2.24, 2.45) is 0 Å². The van der Waals surface area contributed by atoms with E-state index >= 15 is 0 Å². The summed E-state index contributed by atoms with van der Waals surface area (Å²) in [6, 6.07) is 3.94. The van der Waals surface area contributed by atoms with Gasteiger partial charge in [-0.3, -0.25) is 14.5 Å². The third kappa shape index (κ3) is 5.50. The van der Waals surface area contributed by atoms with Crippen molar-refractivity contribution in [3.8, 4) is 0 Å². The van der Waals surface area contributed by atoms with Crippen molar-refractivity contribution in [3.63, 3.8) is 0 Å². The van der Waals surface area contributed by atoms with Crippen LogP contribution in [0.1, 0.15) is 4.88 Å². The summed E-state index contributed by atoms with van der Waals surface area (Å²) < 4.78 is 0.800. The van der Waals surface area contributed by atoms with Gasteiger partial charge in [-0.1, -0.05) is 11.6 Å². The molecule has 0 aromatic carbocycles. The van der Waals surface area contributed by atoms with Crippen molar-refractivity contribution in [1.29, 1.82) is 0 Å². The van der Waals surface area contributed by atoms with Crippen molar-refractivity contribution < 1.29 is 14.7 Å². The Morgan fingerprint density at radius 2 is 1.95 bits per heavy atom. The summed E-state index contributed by atoms with van der Waals surface area (Å²) in [5.41, 5.74) is 0. The summed E-state index contributed by atoms with van der Waals surface area (Å²) in [5, 5.41) is 8.55. The average Bonchev–Trinajstić information content (AvgIpc) is 2.84. The molecule has 2 heterocycles. The van der Waals surface area contributed by atoms with Crippen LogP contribution in [0.3, 0.4) is 0 Å². The lowest BCUT2D eigenvalue weighted by atomic mass is 10.3. The SMILES string of the molecule is O=C(O)CSCC(=O)N1CCN(Cc2ccc(Cl)s2)CC1. The Kier molecular flexibility index (Phi) is 6.35. The Labute approximate surface area is 136 Å². The fourth-order valence-corrected chi connectivity index (χ4v) is 3.89. The number of amides is 1. The zero-order chi connectivity index (χ0) is 15.2. The van der Waals surface area contributed by atoms with Crippen LogP contribution in [0.25, 0.3) is 0 Å². The lowest BCUT2D eigenvalue weighted by molar-refractivity contribution is -0.133. The Morgan fingerprint density at radius 3 is 2.52 bits per heavy atom. The van der Waals surface area contributed by atoms with Crippen LogP contribution >= 0.6 is 34.7 Å². The summed E-state index contributed by atoms with van der Waals surface area (Å²) in [4.78, 5) is 27.7.